The van der Waals surface area contributed by atoms with Crippen molar-refractivity contribution in [2.45, 2.75) is 109 Å². The van der Waals surface area contributed by atoms with Crippen molar-refractivity contribution in [1.82, 2.24) is 4.98 Å². The Labute approximate surface area is 285 Å². The number of aromatic amines is 1. The number of aldehydes is 1. The van der Waals surface area contributed by atoms with Crippen molar-refractivity contribution in [3.63, 3.8) is 0 Å². The lowest BCUT2D eigenvalue weighted by molar-refractivity contribution is -0.141. The van der Waals surface area contributed by atoms with E-state index >= 15 is 0 Å². The molecule has 2 aliphatic heterocycles. The minimum atomic E-state index is -1.23. The van der Waals surface area contributed by atoms with Crippen molar-refractivity contribution in [2.24, 2.45) is 0 Å². The highest BCUT2D eigenvalue weighted by Gasteiger charge is 2.45. The van der Waals surface area contributed by atoms with Crippen LogP contribution < -0.4 is 14.2 Å². The van der Waals surface area contributed by atoms with E-state index in [-0.39, 0.29) is 42.0 Å². The summed E-state index contributed by atoms with van der Waals surface area (Å²) in [6.45, 7) is 4.56. The lowest BCUT2D eigenvalue weighted by Crippen LogP contribution is -2.39. The van der Waals surface area contributed by atoms with Crippen LogP contribution in [-0.4, -0.2) is 57.7 Å². The molecule has 0 unspecified atom stereocenters. The maximum Gasteiger partial charge on any atom is 0.375 e. The van der Waals surface area contributed by atoms with Gasteiger partial charge in [0.2, 0.25) is 5.76 Å². The Morgan fingerprint density at radius 3 is 2.61 bits per heavy atom. The topological polar surface area (TPSA) is 144 Å². The van der Waals surface area contributed by atoms with Crippen LogP contribution in [0.15, 0.2) is 47.4 Å². The maximum atomic E-state index is 13.6. The molecule has 0 amide bonds. The Morgan fingerprint density at radius 1 is 1.10 bits per heavy atom. The third-order valence-electron chi connectivity index (χ3n) is 10.4. The second-order valence-corrected chi connectivity index (χ2v) is 14.0. The van der Waals surface area contributed by atoms with Gasteiger partial charge in [0.25, 0.3) is 0 Å². The monoisotopic (exact) mass is 669 g/mol. The minimum Gasteiger partial charge on any atom is -0.489 e. The van der Waals surface area contributed by atoms with Crippen molar-refractivity contribution in [3.8, 4) is 17.2 Å². The first-order chi connectivity index (χ1) is 23.6. The molecule has 49 heavy (non-hydrogen) atoms. The number of esters is 1. The summed E-state index contributed by atoms with van der Waals surface area (Å²) in [6.07, 6.45) is 7.76. The van der Waals surface area contributed by atoms with Crippen LogP contribution in [0.5, 0.6) is 17.2 Å². The van der Waals surface area contributed by atoms with Gasteiger partial charge in [-0.3, -0.25) is 9.59 Å². The molecule has 2 aliphatic carbocycles. The number of H-pyrrole nitrogens is 1. The van der Waals surface area contributed by atoms with E-state index in [0.29, 0.717) is 59.3 Å². The third kappa shape index (κ3) is 5.95. The highest BCUT2D eigenvalue weighted by Crippen LogP contribution is 2.57. The number of hydrogen-bond acceptors (Lipinski definition) is 9. The molecule has 3 aromatic rings. The molecule has 4 aliphatic rings. The lowest BCUT2D eigenvalue weighted by Gasteiger charge is -2.33. The Hall–Kier alpha value is -4.41. The van der Waals surface area contributed by atoms with Gasteiger partial charge in [0, 0.05) is 41.6 Å². The predicted molar refractivity (Wildman–Crippen MR) is 181 cm³/mol. The lowest BCUT2D eigenvalue weighted by atomic mass is 9.75. The summed E-state index contributed by atoms with van der Waals surface area (Å²) in [7, 11) is 0. The van der Waals surface area contributed by atoms with Gasteiger partial charge in [-0.25, -0.2) is 4.79 Å². The second kappa shape index (κ2) is 13.1. The van der Waals surface area contributed by atoms with Gasteiger partial charge in [-0.2, -0.15) is 0 Å². The summed E-state index contributed by atoms with van der Waals surface area (Å²) in [4.78, 5) is 43.4. The second-order valence-electron chi connectivity index (χ2n) is 14.0. The molecule has 2 atom stereocenters. The van der Waals surface area contributed by atoms with Crippen molar-refractivity contribution >= 4 is 34.5 Å². The van der Waals surface area contributed by atoms with E-state index in [0.717, 1.165) is 54.1 Å². The van der Waals surface area contributed by atoms with E-state index in [1.54, 1.807) is 20.8 Å². The van der Waals surface area contributed by atoms with Crippen molar-refractivity contribution in [1.29, 1.82) is 0 Å². The molecule has 0 radical (unpaired) electrons. The first-order valence-corrected chi connectivity index (χ1v) is 17.4. The highest BCUT2D eigenvalue weighted by molar-refractivity contribution is 6.11. The summed E-state index contributed by atoms with van der Waals surface area (Å²) in [5.41, 5.74) is 3.34. The number of benzene rings is 2. The van der Waals surface area contributed by atoms with Gasteiger partial charge in [-0.05, 0) is 88.4 Å². The quantitative estimate of drug-likeness (QED) is 0.190. The first-order valence-electron chi connectivity index (χ1n) is 17.4. The van der Waals surface area contributed by atoms with Crippen LogP contribution in [0.4, 0.5) is 0 Å². The number of ether oxygens (including phenoxy) is 4. The van der Waals surface area contributed by atoms with Gasteiger partial charge in [0.1, 0.15) is 29.1 Å². The van der Waals surface area contributed by atoms with E-state index in [1.807, 2.05) is 30.5 Å². The predicted octanol–water partition coefficient (Wildman–Crippen LogP) is 6.15. The molecule has 10 nitrogen and oxygen atoms in total. The molecule has 3 heterocycles. The summed E-state index contributed by atoms with van der Waals surface area (Å²) in [6, 6.07) is 7.90. The van der Waals surface area contributed by atoms with Crippen LogP contribution in [-0.2, 0) is 32.1 Å². The summed E-state index contributed by atoms with van der Waals surface area (Å²) >= 11 is 0. The van der Waals surface area contributed by atoms with Crippen molar-refractivity contribution in [2.75, 3.05) is 6.61 Å². The standard InChI is InChI=1S/C39H43NO9/c1-4-46-38(44)37-27(19-41)32(23-11-13-30(43)25(17-23)21-10-12-29-22(16-21)14-15-40-29)33-35(47-24-8-6-5-7-9-24)26-18-31(39(2,3)45)48-34(26)28(20-42)36(33)49-37/h10,12,14-16,19,24-25,31,40,42,45H,4-9,11,13,17-18,20H2,1-3H3/b32-23-/t25-,31-/m0/s1. The average molecular weight is 670 g/mol. The molecule has 7 rings (SSSR count). The van der Waals surface area contributed by atoms with Gasteiger partial charge in [-0.15, -0.1) is 0 Å². The van der Waals surface area contributed by atoms with Crippen LogP contribution in [0.2, 0.25) is 0 Å². The van der Waals surface area contributed by atoms with Crippen molar-refractivity contribution in [3.05, 3.63) is 69.6 Å². The fraction of sp³-hybridized carbons (Fsp3) is 0.462. The van der Waals surface area contributed by atoms with E-state index in [2.05, 4.69) is 4.98 Å². The molecule has 0 spiro atoms. The fourth-order valence-corrected chi connectivity index (χ4v) is 7.81. The zero-order valence-electron chi connectivity index (χ0n) is 28.2. The molecule has 0 saturated heterocycles. The molecule has 0 bridgehead atoms. The van der Waals surface area contributed by atoms with Crippen LogP contribution in [0, 0.1) is 0 Å². The maximum absolute atomic E-state index is 13.6. The smallest absolute Gasteiger partial charge is 0.375 e. The zero-order chi connectivity index (χ0) is 34.4. The molecule has 3 N–H and O–H groups in total. The van der Waals surface area contributed by atoms with Crippen LogP contribution in [0.1, 0.15) is 100 Å². The van der Waals surface area contributed by atoms with Crippen LogP contribution >= 0.6 is 0 Å². The SMILES string of the molecule is CCOC(=O)C1=C(C=O)/C(=C2\CCC(=O)[C@H](c3ccc4[nH]ccc4c3)C2)c2c(c(CO)c3c(c2OC2CCCCC2)C[C@@H](C(C)(C)O)O3)O1. The number of fused-ring (bicyclic) bond motifs is 3. The number of nitrogens with one attached hydrogen (secondary N) is 1. The highest BCUT2D eigenvalue weighted by atomic mass is 16.6. The third-order valence-corrected chi connectivity index (χ3v) is 10.4. The van der Waals surface area contributed by atoms with Gasteiger partial charge >= 0.3 is 5.97 Å². The first kappa shape index (κ1) is 33.1. The fourth-order valence-electron chi connectivity index (χ4n) is 7.81. The molecule has 258 valence electrons. The average Bonchev–Trinajstić information content (AvgIpc) is 3.76. The Balaban J connectivity index is 1.48. The number of aliphatic hydroxyl groups is 2. The van der Waals surface area contributed by atoms with Gasteiger partial charge in [-0.1, -0.05) is 18.1 Å². The van der Waals surface area contributed by atoms with Crippen molar-refractivity contribution < 1.29 is 43.5 Å². The van der Waals surface area contributed by atoms with E-state index in [4.69, 9.17) is 18.9 Å². The number of carbonyl (C=O) groups is 3. The molecule has 2 saturated carbocycles. The Kier molecular flexibility index (Phi) is 8.87. The number of rotatable bonds is 8. The summed E-state index contributed by atoms with van der Waals surface area (Å²) in [5, 5.41) is 22.9. The normalized spacial score (nSPS) is 22.8. The largest absolute Gasteiger partial charge is 0.489 e. The molecular formula is C39H43NO9. The number of carbonyl (C=O) groups excluding carboxylic acids is 3. The number of allylic oxidation sites excluding steroid dienone is 3. The van der Waals surface area contributed by atoms with Gasteiger partial charge in [0.05, 0.1) is 41.6 Å². The zero-order valence-corrected chi connectivity index (χ0v) is 28.2. The van der Waals surface area contributed by atoms with E-state index in [1.165, 1.54) is 0 Å². The minimum absolute atomic E-state index is 0.0189. The number of aliphatic hydroxyl groups excluding tert-OH is 1. The molecular weight excluding hydrogens is 626 g/mol. The van der Waals surface area contributed by atoms with E-state index < -0.39 is 30.2 Å². The van der Waals surface area contributed by atoms with Crippen LogP contribution in [0.25, 0.3) is 16.5 Å². The molecule has 10 heteroatoms. The molecule has 2 aromatic carbocycles. The van der Waals surface area contributed by atoms with Gasteiger partial charge in [0.15, 0.2) is 6.29 Å². The molecule has 2 fully saturated rings. The number of ketones is 1. The van der Waals surface area contributed by atoms with E-state index in [9.17, 15) is 24.6 Å². The number of Topliss-reactive ketones (excluding diaryl/α,β-unsaturated/α-hetero) is 1. The number of aromatic nitrogens is 1. The number of hydrogen-bond donors (Lipinski definition) is 3. The Morgan fingerprint density at radius 2 is 1.90 bits per heavy atom. The Bertz CT molecular complexity index is 1890. The summed E-state index contributed by atoms with van der Waals surface area (Å²) in [5.74, 6) is -0.516. The summed E-state index contributed by atoms with van der Waals surface area (Å²) < 4.78 is 24.9. The van der Waals surface area contributed by atoms with Crippen LogP contribution in [0.3, 0.4) is 0 Å². The molecule has 1 aromatic heterocycles. The van der Waals surface area contributed by atoms with Gasteiger partial charge < -0.3 is 34.1 Å².